The highest BCUT2D eigenvalue weighted by Gasteiger charge is 2.28. The molecule has 1 aromatic heterocycles. The third-order valence-electron chi connectivity index (χ3n) is 5.94. The quantitative estimate of drug-likeness (QED) is 0.431. The van der Waals surface area contributed by atoms with E-state index in [-0.39, 0.29) is 29.0 Å². The van der Waals surface area contributed by atoms with Crippen molar-refractivity contribution >= 4 is 17.3 Å². The van der Waals surface area contributed by atoms with Crippen molar-refractivity contribution in [2.45, 2.75) is 13.0 Å². The van der Waals surface area contributed by atoms with Crippen LogP contribution in [0.2, 0.25) is 0 Å². The molecule has 1 aliphatic heterocycles. The van der Waals surface area contributed by atoms with Crippen LogP contribution in [0.1, 0.15) is 27.7 Å². The number of rotatable bonds is 7. The van der Waals surface area contributed by atoms with Gasteiger partial charge in [-0.05, 0) is 49.4 Å². The number of furan rings is 1. The molecule has 1 saturated heterocycles. The summed E-state index contributed by atoms with van der Waals surface area (Å²) < 4.78 is 18.9. The van der Waals surface area contributed by atoms with Crippen LogP contribution in [0.15, 0.2) is 65.3 Å². The number of halogens is 1. The Kier molecular flexibility index (Phi) is 6.69. The Bertz CT molecular complexity index is 1110. The van der Waals surface area contributed by atoms with Gasteiger partial charge >= 0.3 is 0 Å². The summed E-state index contributed by atoms with van der Waals surface area (Å²) >= 11 is 0. The summed E-state index contributed by atoms with van der Waals surface area (Å²) in [5.74, 6) is 0.102. The average Bonchev–Trinajstić information content (AvgIpc) is 3.35. The van der Waals surface area contributed by atoms with E-state index >= 15 is 0 Å². The van der Waals surface area contributed by atoms with E-state index in [2.05, 4.69) is 15.1 Å². The molecule has 0 aliphatic carbocycles. The maximum atomic E-state index is 13.2. The summed E-state index contributed by atoms with van der Waals surface area (Å²) in [6, 6.07) is 14.4. The molecule has 8 nitrogen and oxygen atoms in total. The largest absolute Gasteiger partial charge is 0.468 e. The fourth-order valence-electron chi connectivity index (χ4n) is 4.07. The van der Waals surface area contributed by atoms with Crippen molar-refractivity contribution in [1.29, 1.82) is 0 Å². The second-order valence-electron chi connectivity index (χ2n) is 8.00. The first-order chi connectivity index (χ1) is 15.9. The normalized spacial score (nSPS) is 15.3. The van der Waals surface area contributed by atoms with Gasteiger partial charge in [0.05, 0.1) is 17.2 Å². The Labute approximate surface area is 190 Å². The number of nitrogens with zero attached hydrogens (tertiary/aromatic N) is 3. The number of carbonyl (C=O) groups excluding carboxylic acids is 1. The van der Waals surface area contributed by atoms with E-state index in [1.165, 1.54) is 18.2 Å². The van der Waals surface area contributed by atoms with Gasteiger partial charge in [0.15, 0.2) is 0 Å². The summed E-state index contributed by atoms with van der Waals surface area (Å²) in [4.78, 5) is 27.9. The van der Waals surface area contributed by atoms with Crippen molar-refractivity contribution in [1.82, 2.24) is 10.2 Å². The molecule has 1 atom stereocenters. The average molecular weight is 452 g/mol. The molecule has 0 spiro atoms. The molecule has 0 bridgehead atoms. The number of hydrogen-bond acceptors (Lipinski definition) is 6. The van der Waals surface area contributed by atoms with Crippen molar-refractivity contribution in [2.75, 3.05) is 37.6 Å². The molecule has 0 saturated carbocycles. The Balaban J connectivity index is 1.42. The molecule has 1 N–H and O–H groups in total. The van der Waals surface area contributed by atoms with E-state index in [0.29, 0.717) is 12.1 Å². The second-order valence-corrected chi connectivity index (χ2v) is 8.00. The van der Waals surface area contributed by atoms with Crippen LogP contribution in [-0.4, -0.2) is 48.5 Å². The fraction of sp³-hybridized carbons (Fsp3) is 0.292. The van der Waals surface area contributed by atoms with Gasteiger partial charge < -0.3 is 14.6 Å². The number of carbonyl (C=O) groups is 1. The van der Waals surface area contributed by atoms with Gasteiger partial charge in [0.2, 0.25) is 0 Å². The zero-order valence-electron chi connectivity index (χ0n) is 18.2. The molecule has 4 rings (SSSR count). The van der Waals surface area contributed by atoms with E-state index in [0.717, 1.165) is 37.6 Å². The van der Waals surface area contributed by atoms with Crippen molar-refractivity contribution in [3.05, 3.63) is 93.7 Å². The fourth-order valence-corrected chi connectivity index (χ4v) is 4.07. The first-order valence-corrected chi connectivity index (χ1v) is 10.7. The molecule has 33 heavy (non-hydrogen) atoms. The molecular formula is C24H25FN4O4. The highest BCUT2D eigenvalue weighted by molar-refractivity contribution is 5.95. The standard InChI is InChI=1S/C24H25FN4O4/c1-17-4-5-18(15-21(17)29(31)32)24(30)26-16-22(23-3-2-14-33-23)28-12-10-27(11-13-28)20-8-6-19(25)7-9-20/h2-9,14-15,22H,10-13,16H2,1H3,(H,26,30). The Morgan fingerprint density at radius 3 is 2.52 bits per heavy atom. The van der Waals surface area contributed by atoms with Crippen LogP contribution < -0.4 is 10.2 Å². The van der Waals surface area contributed by atoms with Crippen LogP contribution in [0.5, 0.6) is 0 Å². The van der Waals surface area contributed by atoms with E-state index in [4.69, 9.17) is 4.42 Å². The molecule has 0 radical (unpaired) electrons. The van der Waals surface area contributed by atoms with Crippen LogP contribution in [0.25, 0.3) is 0 Å². The topological polar surface area (TPSA) is 91.9 Å². The molecule has 1 amide bonds. The molecule has 2 aromatic carbocycles. The SMILES string of the molecule is Cc1ccc(C(=O)NCC(c2ccco2)N2CCN(c3ccc(F)cc3)CC2)cc1[N+](=O)[O-]. The Morgan fingerprint density at radius 2 is 1.88 bits per heavy atom. The van der Waals surface area contributed by atoms with Gasteiger partial charge in [-0.1, -0.05) is 6.07 Å². The van der Waals surface area contributed by atoms with E-state index < -0.39 is 4.92 Å². The predicted molar refractivity (Wildman–Crippen MR) is 122 cm³/mol. The molecule has 1 fully saturated rings. The van der Waals surface area contributed by atoms with Crippen molar-refractivity contribution < 1.29 is 18.5 Å². The third kappa shape index (κ3) is 5.20. The van der Waals surface area contributed by atoms with Crippen LogP contribution in [0.4, 0.5) is 15.8 Å². The lowest BCUT2D eigenvalue weighted by molar-refractivity contribution is -0.385. The lowest BCUT2D eigenvalue weighted by Crippen LogP contribution is -2.49. The minimum atomic E-state index is -0.488. The minimum absolute atomic E-state index is 0.0813. The summed E-state index contributed by atoms with van der Waals surface area (Å²) in [7, 11) is 0. The minimum Gasteiger partial charge on any atom is -0.468 e. The van der Waals surface area contributed by atoms with Gasteiger partial charge in [0.25, 0.3) is 11.6 Å². The van der Waals surface area contributed by atoms with E-state index in [1.807, 2.05) is 12.1 Å². The van der Waals surface area contributed by atoms with Gasteiger partial charge in [-0.2, -0.15) is 0 Å². The monoisotopic (exact) mass is 452 g/mol. The van der Waals surface area contributed by atoms with Gasteiger partial charge in [0.1, 0.15) is 11.6 Å². The number of amides is 1. The van der Waals surface area contributed by atoms with Gasteiger partial charge in [0, 0.05) is 55.6 Å². The number of benzene rings is 2. The molecule has 9 heteroatoms. The zero-order chi connectivity index (χ0) is 23.4. The lowest BCUT2D eigenvalue weighted by Gasteiger charge is -2.39. The van der Waals surface area contributed by atoms with Gasteiger partial charge in [-0.25, -0.2) is 4.39 Å². The van der Waals surface area contributed by atoms with Gasteiger partial charge in [-0.3, -0.25) is 19.8 Å². The van der Waals surface area contributed by atoms with Crippen LogP contribution in [0, 0.1) is 22.9 Å². The van der Waals surface area contributed by atoms with Crippen molar-refractivity contribution in [3.8, 4) is 0 Å². The summed E-state index contributed by atoms with van der Waals surface area (Å²) in [6.07, 6.45) is 1.60. The number of nitro groups is 1. The molecule has 1 unspecified atom stereocenters. The number of nitro benzene ring substituents is 1. The first kappa shape index (κ1) is 22.5. The summed E-state index contributed by atoms with van der Waals surface area (Å²) in [5, 5.41) is 14.1. The maximum absolute atomic E-state index is 13.2. The Morgan fingerprint density at radius 1 is 1.15 bits per heavy atom. The summed E-state index contributed by atoms with van der Waals surface area (Å²) in [6.45, 7) is 4.90. The second kappa shape index (κ2) is 9.83. The lowest BCUT2D eigenvalue weighted by atomic mass is 10.1. The molecule has 3 aromatic rings. The number of piperazine rings is 1. The maximum Gasteiger partial charge on any atom is 0.273 e. The highest BCUT2D eigenvalue weighted by Crippen LogP contribution is 2.25. The predicted octanol–water partition coefficient (Wildman–Crippen LogP) is 3.93. The Hall–Kier alpha value is -3.72. The van der Waals surface area contributed by atoms with Crippen molar-refractivity contribution in [2.24, 2.45) is 0 Å². The molecule has 1 aliphatic rings. The van der Waals surface area contributed by atoms with Crippen LogP contribution in [0.3, 0.4) is 0 Å². The molecular weight excluding hydrogens is 427 g/mol. The molecule has 172 valence electrons. The van der Waals surface area contributed by atoms with Gasteiger partial charge in [-0.15, -0.1) is 0 Å². The third-order valence-corrected chi connectivity index (χ3v) is 5.94. The molecule has 2 heterocycles. The van der Waals surface area contributed by atoms with E-state index in [1.54, 1.807) is 37.5 Å². The number of aryl methyl sites for hydroxylation is 1. The highest BCUT2D eigenvalue weighted by atomic mass is 19.1. The zero-order valence-corrected chi connectivity index (χ0v) is 18.2. The smallest absolute Gasteiger partial charge is 0.273 e. The van der Waals surface area contributed by atoms with Crippen molar-refractivity contribution in [3.63, 3.8) is 0 Å². The number of nitrogens with one attached hydrogen (secondary N) is 1. The van der Waals surface area contributed by atoms with E-state index in [9.17, 15) is 19.3 Å². The van der Waals surface area contributed by atoms with Crippen LogP contribution in [-0.2, 0) is 0 Å². The number of hydrogen-bond donors (Lipinski definition) is 1. The van der Waals surface area contributed by atoms with Crippen LogP contribution >= 0.6 is 0 Å². The summed E-state index contributed by atoms with van der Waals surface area (Å²) in [5.41, 5.74) is 1.64. The first-order valence-electron chi connectivity index (χ1n) is 10.7. The number of anilines is 1.